The van der Waals surface area contributed by atoms with Crippen molar-refractivity contribution >= 4 is 5.91 Å². The number of halogens is 3. The minimum atomic E-state index is -4.55. The van der Waals surface area contributed by atoms with E-state index >= 15 is 0 Å². The summed E-state index contributed by atoms with van der Waals surface area (Å²) >= 11 is 0. The summed E-state index contributed by atoms with van der Waals surface area (Å²) in [5.41, 5.74) is -2.70. The van der Waals surface area contributed by atoms with E-state index in [-0.39, 0.29) is 11.5 Å². The molecule has 11 heteroatoms. The van der Waals surface area contributed by atoms with Crippen molar-refractivity contribution in [3.63, 3.8) is 0 Å². The molecule has 3 heterocycles. The number of rotatable bonds is 4. The monoisotopic (exact) mass is 392 g/mol. The van der Waals surface area contributed by atoms with Crippen LogP contribution in [0.4, 0.5) is 13.2 Å². The molecule has 0 spiro atoms. The van der Waals surface area contributed by atoms with Crippen molar-refractivity contribution in [1.29, 1.82) is 0 Å². The van der Waals surface area contributed by atoms with Gasteiger partial charge in [-0.15, -0.1) is 0 Å². The van der Waals surface area contributed by atoms with Crippen molar-refractivity contribution in [2.75, 3.05) is 0 Å². The number of hydrogen-bond donors (Lipinski definition) is 2. The van der Waals surface area contributed by atoms with Crippen LogP contribution in [0.25, 0.3) is 5.95 Å². The second-order valence-electron chi connectivity index (χ2n) is 6.41. The van der Waals surface area contributed by atoms with Crippen LogP contribution in [0.5, 0.6) is 0 Å². The van der Waals surface area contributed by atoms with Crippen LogP contribution in [-0.2, 0) is 11.7 Å². The van der Waals surface area contributed by atoms with Crippen LogP contribution in [0.15, 0.2) is 47.8 Å². The predicted octanol–water partition coefficient (Wildman–Crippen LogP) is 2.03. The fourth-order valence-corrected chi connectivity index (χ4v) is 2.41. The first kappa shape index (κ1) is 19.3. The Labute approximate surface area is 156 Å². The van der Waals surface area contributed by atoms with E-state index in [9.17, 15) is 22.8 Å². The van der Waals surface area contributed by atoms with E-state index in [0.29, 0.717) is 5.56 Å². The number of alkyl halides is 3. The topological polar surface area (TPSA) is 106 Å². The number of aromatic nitrogens is 5. The molecule has 28 heavy (non-hydrogen) atoms. The maximum Gasteiger partial charge on any atom is 0.433 e. The third-order valence-electron chi connectivity index (χ3n) is 3.95. The molecule has 0 aliphatic heterocycles. The van der Waals surface area contributed by atoms with E-state index in [0.717, 1.165) is 18.5 Å². The fourth-order valence-electron chi connectivity index (χ4n) is 2.41. The Morgan fingerprint density at radius 2 is 1.93 bits per heavy atom. The van der Waals surface area contributed by atoms with Crippen LogP contribution >= 0.6 is 0 Å². The standard InChI is InChI=1S/C17H15F3N6O2/c1-16(2,10-4-5-12(21-8-10)17(18,19)20)25-14(28)11-9-22-15(24-13(11)27)26-7-3-6-23-26/h3-9H,1-2H3,(H,25,28)(H,22,24,27). The van der Waals surface area contributed by atoms with Gasteiger partial charge in [0.05, 0.1) is 5.54 Å². The molecular weight excluding hydrogens is 377 g/mol. The molecule has 0 atom stereocenters. The molecule has 0 fully saturated rings. The molecule has 1 amide bonds. The minimum absolute atomic E-state index is 0.137. The Morgan fingerprint density at radius 1 is 1.18 bits per heavy atom. The average Bonchev–Trinajstić information content (AvgIpc) is 3.15. The lowest BCUT2D eigenvalue weighted by Crippen LogP contribution is -2.43. The zero-order chi connectivity index (χ0) is 20.5. The molecule has 0 saturated carbocycles. The highest BCUT2D eigenvalue weighted by molar-refractivity contribution is 5.94. The van der Waals surface area contributed by atoms with Gasteiger partial charge < -0.3 is 5.32 Å². The van der Waals surface area contributed by atoms with Gasteiger partial charge in [0.1, 0.15) is 11.3 Å². The highest BCUT2D eigenvalue weighted by Gasteiger charge is 2.33. The number of aromatic amines is 1. The maximum atomic E-state index is 12.6. The largest absolute Gasteiger partial charge is 0.433 e. The summed E-state index contributed by atoms with van der Waals surface area (Å²) in [4.78, 5) is 34.5. The summed E-state index contributed by atoms with van der Waals surface area (Å²) in [6.45, 7) is 3.16. The van der Waals surface area contributed by atoms with Crippen molar-refractivity contribution in [2.24, 2.45) is 0 Å². The van der Waals surface area contributed by atoms with Crippen molar-refractivity contribution in [3.8, 4) is 5.95 Å². The first-order chi connectivity index (χ1) is 13.1. The van der Waals surface area contributed by atoms with Gasteiger partial charge in [-0.05, 0) is 31.5 Å². The summed E-state index contributed by atoms with van der Waals surface area (Å²) in [6, 6.07) is 3.69. The van der Waals surface area contributed by atoms with Gasteiger partial charge in [-0.3, -0.25) is 19.6 Å². The number of amides is 1. The van der Waals surface area contributed by atoms with E-state index in [2.05, 4.69) is 25.4 Å². The Hall–Kier alpha value is -3.50. The minimum Gasteiger partial charge on any atom is -0.343 e. The number of H-pyrrole nitrogens is 1. The molecule has 3 aromatic rings. The van der Waals surface area contributed by atoms with Crippen LogP contribution in [-0.4, -0.2) is 30.6 Å². The van der Waals surface area contributed by atoms with Crippen LogP contribution in [0, 0.1) is 0 Å². The third-order valence-corrected chi connectivity index (χ3v) is 3.95. The number of hydrogen-bond acceptors (Lipinski definition) is 5. The Balaban J connectivity index is 1.80. The highest BCUT2D eigenvalue weighted by Crippen LogP contribution is 2.29. The summed E-state index contributed by atoms with van der Waals surface area (Å²) in [7, 11) is 0. The van der Waals surface area contributed by atoms with E-state index in [1.54, 1.807) is 26.1 Å². The van der Waals surface area contributed by atoms with Crippen molar-refractivity contribution in [3.05, 3.63) is 70.2 Å². The molecule has 0 saturated heterocycles. The van der Waals surface area contributed by atoms with Crippen LogP contribution in [0.2, 0.25) is 0 Å². The van der Waals surface area contributed by atoms with Gasteiger partial charge in [-0.25, -0.2) is 9.67 Å². The van der Waals surface area contributed by atoms with Crippen LogP contribution in [0.1, 0.15) is 35.5 Å². The average molecular weight is 392 g/mol. The van der Waals surface area contributed by atoms with Gasteiger partial charge in [0, 0.05) is 24.8 Å². The summed E-state index contributed by atoms with van der Waals surface area (Å²) < 4.78 is 39.2. The van der Waals surface area contributed by atoms with Crippen LogP contribution < -0.4 is 10.9 Å². The Kier molecular flexibility index (Phi) is 4.75. The highest BCUT2D eigenvalue weighted by atomic mass is 19.4. The van der Waals surface area contributed by atoms with Gasteiger partial charge >= 0.3 is 6.18 Å². The zero-order valence-electron chi connectivity index (χ0n) is 14.8. The van der Waals surface area contributed by atoms with Crippen molar-refractivity contribution in [1.82, 2.24) is 30.0 Å². The molecule has 0 aliphatic carbocycles. The molecule has 0 unspecified atom stereocenters. The zero-order valence-corrected chi connectivity index (χ0v) is 14.8. The molecule has 8 nitrogen and oxygen atoms in total. The first-order valence-electron chi connectivity index (χ1n) is 8.03. The number of nitrogens with one attached hydrogen (secondary N) is 2. The molecule has 0 aliphatic rings. The summed E-state index contributed by atoms with van der Waals surface area (Å²) in [5, 5.41) is 6.52. The Morgan fingerprint density at radius 3 is 2.46 bits per heavy atom. The quantitative estimate of drug-likeness (QED) is 0.707. The molecule has 0 bridgehead atoms. The van der Waals surface area contributed by atoms with Gasteiger partial charge in [-0.2, -0.15) is 18.3 Å². The molecule has 2 N–H and O–H groups in total. The second-order valence-corrected chi connectivity index (χ2v) is 6.41. The van der Waals surface area contributed by atoms with Crippen LogP contribution in [0.3, 0.4) is 0 Å². The van der Waals surface area contributed by atoms with Gasteiger partial charge in [0.2, 0.25) is 5.95 Å². The lowest BCUT2D eigenvalue weighted by Gasteiger charge is -2.26. The van der Waals surface area contributed by atoms with E-state index in [4.69, 9.17) is 0 Å². The lowest BCUT2D eigenvalue weighted by atomic mass is 9.95. The molecule has 3 aromatic heterocycles. The Bertz CT molecular complexity index is 1040. The predicted molar refractivity (Wildman–Crippen MR) is 91.7 cm³/mol. The number of nitrogens with zero attached hydrogens (tertiary/aromatic N) is 4. The second kappa shape index (κ2) is 6.91. The summed E-state index contributed by atoms with van der Waals surface area (Å²) in [6.07, 6.45) is 0.653. The van der Waals surface area contributed by atoms with E-state index < -0.39 is 28.9 Å². The van der Waals surface area contributed by atoms with Gasteiger partial charge in [0.25, 0.3) is 11.5 Å². The molecule has 3 rings (SSSR count). The van der Waals surface area contributed by atoms with Gasteiger partial charge in [-0.1, -0.05) is 6.07 Å². The SMILES string of the molecule is CC(C)(NC(=O)c1cnc(-n2cccn2)[nH]c1=O)c1ccc(C(F)(F)F)nc1. The summed E-state index contributed by atoms with van der Waals surface area (Å²) in [5.74, 6) is -0.594. The number of carbonyl (C=O) groups is 1. The molecule has 146 valence electrons. The van der Waals surface area contributed by atoms with Crippen molar-refractivity contribution < 1.29 is 18.0 Å². The lowest BCUT2D eigenvalue weighted by molar-refractivity contribution is -0.141. The molecular formula is C17H15F3N6O2. The van der Waals surface area contributed by atoms with Gasteiger partial charge in [0.15, 0.2) is 0 Å². The fraction of sp³-hybridized carbons (Fsp3) is 0.235. The third kappa shape index (κ3) is 3.92. The number of carbonyl (C=O) groups excluding carboxylic acids is 1. The van der Waals surface area contributed by atoms with E-state index in [1.165, 1.54) is 16.9 Å². The van der Waals surface area contributed by atoms with Crippen molar-refractivity contribution in [2.45, 2.75) is 25.6 Å². The first-order valence-corrected chi connectivity index (χ1v) is 8.03. The molecule has 0 radical (unpaired) electrons. The smallest absolute Gasteiger partial charge is 0.343 e. The number of pyridine rings is 1. The van der Waals surface area contributed by atoms with E-state index in [1.807, 2.05) is 0 Å². The maximum absolute atomic E-state index is 12.6. The molecule has 0 aromatic carbocycles. The normalized spacial score (nSPS) is 12.0.